The van der Waals surface area contributed by atoms with Crippen LogP contribution in [-0.4, -0.2) is 22.3 Å². The molecule has 0 aliphatic carbocycles. The number of aliphatic imine (C=N–C) groups is 1. The second-order valence-corrected chi connectivity index (χ2v) is 6.60. The summed E-state index contributed by atoms with van der Waals surface area (Å²) in [4.78, 5) is 4.76. The standard InChI is InChI=1S/C21H24ClN5/c1-3-23-21(25-15-19-12-13-26-27(19)2)24-14-17-6-4-5-7-20(17)16-8-10-18(22)11-9-16/h4-13H,3,14-15H2,1-2H3,(H2,23,24,25). The average Bonchev–Trinajstić information content (AvgIpc) is 3.10. The van der Waals surface area contributed by atoms with Crippen LogP contribution in [0.5, 0.6) is 0 Å². The van der Waals surface area contributed by atoms with E-state index < -0.39 is 0 Å². The van der Waals surface area contributed by atoms with Crippen LogP contribution in [0.1, 0.15) is 18.2 Å². The quantitative estimate of drug-likeness (QED) is 0.501. The topological polar surface area (TPSA) is 54.2 Å². The summed E-state index contributed by atoms with van der Waals surface area (Å²) in [5, 5.41) is 11.6. The molecule has 0 unspecified atom stereocenters. The first-order valence-corrected chi connectivity index (χ1v) is 9.38. The number of halogens is 1. The molecular weight excluding hydrogens is 358 g/mol. The number of nitrogens with zero attached hydrogens (tertiary/aromatic N) is 3. The minimum Gasteiger partial charge on any atom is -0.357 e. The van der Waals surface area contributed by atoms with Gasteiger partial charge >= 0.3 is 0 Å². The Morgan fingerprint density at radius 2 is 1.85 bits per heavy atom. The molecule has 1 heterocycles. The van der Waals surface area contributed by atoms with Crippen LogP contribution in [0, 0.1) is 0 Å². The fourth-order valence-corrected chi connectivity index (χ4v) is 2.95. The number of hydrogen-bond donors (Lipinski definition) is 2. The number of guanidine groups is 1. The first-order valence-electron chi connectivity index (χ1n) is 9.00. The number of rotatable bonds is 6. The molecule has 6 heteroatoms. The van der Waals surface area contributed by atoms with Crippen LogP contribution in [0.25, 0.3) is 11.1 Å². The summed E-state index contributed by atoms with van der Waals surface area (Å²) in [6, 6.07) is 18.2. The van der Waals surface area contributed by atoms with E-state index in [1.807, 2.05) is 54.2 Å². The molecule has 3 aromatic rings. The van der Waals surface area contributed by atoms with E-state index in [9.17, 15) is 0 Å². The van der Waals surface area contributed by atoms with Gasteiger partial charge in [-0.15, -0.1) is 0 Å². The van der Waals surface area contributed by atoms with Crippen LogP contribution in [0.3, 0.4) is 0 Å². The monoisotopic (exact) mass is 381 g/mol. The number of aryl methyl sites for hydroxylation is 1. The van der Waals surface area contributed by atoms with Crippen molar-refractivity contribution < 1.29 is 0 Å². The lowest BCUT2D eigenvalue weighted by Crippen LogP contribution is -2.37. The van der Waals surface area contributed by atoms with Crippen molar-refractivity contribution in [2.75, 3.05) is 6.54 Å². The molecule has 2 N–H and O–H groups in total. The lowest BCUT2D eigenvalue weighted by Gasteiger charge is -2.13. The Hall–Kier alpha value is -2.79. The Bertz CT molecular complexity index is 899. The Kier molecular flexibility index (Phi) is 6.49. The molecule has 0 fully saturated rings. The molecular formula is C21H24ClN5. The Labute approximate surface area is 165 Å². The van der Waals surface area contributed by atoms with Gasteiger partial charge in [-0.25, -0.2) is 4.99 Å². The fraction of sp³-hybridized carbons (Fsp3) is 0.238. The number of benzene rings is 2. The molecule has 1 aromatic heterocycles. The van der Waals surface area contributed by atoms with Crippen LogP contribution in [0.2, 0.25) is 5.02 Å². The van der Waals surface area contributed by atoms with Crippen LogP contribution in [0.15, 0.2) is 65.8 Å². The normalized spacial score (nSPS) is 11.4. The van der Waals surface area contributed by atoms with Gasteiger partial charge in [-0.05, 0) is 41.8 Å². The largest absolute Gasteiger partial charge is 0.357 e. The molecule has 0 amide bonds. The number of hydrogen-bond acceptors (Lipinski definition) is 2. The van der Waals surface area contributed by atoms with E-state index >= 15 is 0 Å². The second kappa shape index (κ2) is 9.24. The average molecular weight is 382 g/mol. The van der Waals surface area contributed by atoms with Crippen LogP contribution in [-0.2, 0) is 20.1 Å². The van der Waals surface area contributed by atoms with Gasteiger partial charge in [-0.2, -0.15) is 5.10 Å². The SMILES string of the molecule is CCNC(=NCc1ccccc1-c1ccc(Cl)cc1)NCc1ccnn1C. The molecule has 0 atom stereocenters. The molecule has 0 radical (unpaired) electrons. The molecule has 2 aromatic carbocycles. The van der Waals surface area contributed by atoms with E-state index in [4.69, 9.17) is 16.6 Å². The van der Waals surface area contributed by atoms with Gasteiger partial charge in [0.05, 0.1) is 18.8 Å². The van der Waals surface area contributed by atoms with Crippen molar-refractivity contribution >= 4 is 17.6 Å². The van der Waals surface area contributed by atoms with Gasteiger partial charge < -0.3 is 10.6 Å². The predicted molar refractivity (Wildman–Crippen MR) is 112 cm³/mol. The summed E-state index contributed by atoms with van der Waals surface area (Å²) in [6.45, 7) is 4.11. The summed E-state index contributed by atoms with van der Waals surface area (Å²) in [6.07, 6.45) is 1.80. The van der Waals surface area contributed by atoms with E-state index in [1.54, 1.807) is 6.20 Å². The highest BCUT2D eigenvalue weighted by molar-refractivity contribution is 6.30. The van der Waals surface area contributed by atoms with E-state index in [-0.39, 0.29) is 0 Å². The third-order valence-corrected chi connectivity index (χ3v) is 4.54. The zero-order valence-electron chi connectivity index (χ0n) is 15.6. The summed E-state index contributed by atoms with van der Waals surface area (Å²) in [5.74, 6) is 0.782. The zero-order chi connectivity index (χ0) is 19.1. The molecule has 0 aliphatic heterocycles. The molecule has 0 saturated heterocycles. The van der Waals surface area contributed by atoms with E-state index in [0.29, 0.717) is 13.1 Å². The Morgan fingerprint density at radius 3 is 2.56 bits per heavy atom. The highest BCUT2D eigenvalue weighted by atomic mass is 35.5. The first kappa shape index (κ1) is 19.0. The predicted octanol–water partition coefficient (Wildman–Crippen LogP) is 4.00. The Morgan fingerprint density at radius 1 is 1.07 bits per heavy atom. The second-order valence-electron chi connectivity index (χ2n) is 6.16. The summed E-state index contributed by atoms with van der Waals surface area (Å²) in [7, 11) is 1.93. The lowest BCUT2D eigenvalue weighted by molar-refractivity contribution is 0.685. The van der Waals surface area contributed by atoms with Crippen molar-refractivity contribution in [2.45, 2.75) is 20.0 Å². The van der Waals surface area contributed by atoms with Crippen molar-refractivity contribution in [2.24, 2.45) is 12.0 Å². The van der Waals surface area contributed by atoms with Gasteiger partial charge in [0.15, 0.2) is 5.96 Å². The van der Waals surface area contributed by atoms with E-state index in [0.717, 1.165) is 34.3 Å². The van der Waals surface area contributed by atoms with Gasteiger partial charge in [-0.3, -0.25) is 4.68 Å². The van der Waals surface area contributed by atoms with Gasteiger partial charge in [0.1, 0.15) is 0 Å². The molecule has 0 saturated carbocycles. The first-order chi connectivity index (χ1) is 13.2. The van der Waals surface area contributed by atoms with Crippen molar-refractivity contribution in [3.8, 4) is 11.1 Å². The van der Waals surface area contributed by atoms with Gasteiger partial charge in [0.2, 0.25) is 0 Å². The van der Waals surface area contributed by atoms with Gasteiger partial charge in [0.25, 0.3) is 0 Å². The summed E-state index contributed by atoms with van der Waals surface area (Å²) < 4.78 is 1.85. The van der Waals surface area contributed by atoms with Crippen molar-refractivity contribution in [1.29, 1.82) is 0 Å². The van der Waals surface area contributed by atoms with Crippen LogP contribution >= 0.6 is 11.6 Å². The summed E-state index contributed by atoms with van der Waals surface area (Å²) >= 11 is 6.02. The maximum Gasteiger partial charge on any atom is 0.191 e. The lowest BCUT2D eigenvalue weighted by atomic mass is 10.00. The molecule has 0 bridgehead atoms. The minimum absolute atomic E-state index is 0.583. The Balaban J connectivity index is 1.76. The fourth-order valence-electron chi connectivity index (χ4n) is 2.82. The maximum atomic E-state index is 6.02. The maximum absolute atomic E-state index is 6.02. The van der Waals surface area contributed by atoms with Crippen LogP contribution in [0.4, 0.5) is 0 Å². The minimum atomic E-state index is 0.583. The van der Waals surface area contributed by atoms with Crippen molar-refractivity contribution in [1.82, 2.24) is 20.4 Å². The van der Waals surface area contributed by atoms with E-state index in [1.165, 1.54) is 5.56 Å². The van der Waals surface area contributed by atoms with Crippen molar-refractivity contribution in [3.05, 3.63) is 77.1 Å². The molecule has 140 valence electrons. The highest BCUT2D eigenvalue weighted by Gasteiger charge is 2.06. The third kappa shape index (κ3) is 5.11. The molecule has 0 aliphatic rings. The molecule has 5 nitrogen and oxygen atoms in total. The van der Waals surface area contributed by atoms with Crippen molar-refractivity contribution in [3.63, 3.8) is 0 Å². The number of nitrogens with one attached hydrogen (secondary N) is 2. The van der Waals surface area contributed by atoms with Crippen LogP contribution < -0.4 is 10.6 Å². The highest BCUT2D eigenvalue weighted by Crippen LogP contribution is 2.25. The molecule has 27 heavy (non-hydrogen) atoms. The van der Waals surface area contributed by atoms with Gasteiger partial charge in [0, 0.05) is 24.8 Å². The van der Waals surface area contributed by atoms with E-state index in [2.05, 4.69) is 34.8 Å². The third-order valence-electron chi connectivity index (χ3n) is 4.28. The zero-order valence-corrected chi connectivity index (χ0v) is 16.4. The number of aromatic nitrogens is 2. The molecule has 3 rings (SSSR count). The van der Waals surface area contributed by atoms with Gasteiger partial charge in [-0.1, -0.05) is 48.0 Å². The summed E-state index contributed by atoms with van der Waals surface area (Å²) in [5.41, 5.74) is 4.57. The molecule has 0 spiro atoms. The smallest absolute Gasteiger partial charge is 0.191 e.